The maximum Gasteiger partial charge on any atom is 0.315 e. The molecule has 24 heavy (non-hydrogen) atoms. The Labute approximate surface area is 146 Å². The van der Waals surface area contributed by atoms with Crippen molar-refractivity contribution in [1.29, 1.82) is 0 Å². The minimum Gasteiger partial charge on any atom is -0.361 e. The Kier molecular flexibility index (Phi) is 4.90. The molecule has 1 unspecified atom stereocenters. The molecule has 3 rings (SSSR count). The lowest BCUT2D eigenvalue weighted by Gasteiger charge is -2.13. The lowest BCUT2D eigenvalue weighted by molar-refractivity contribution is 0.238. The van der Waals surface area contributed by atoms with Gasteiger partial charge in [-0.15, -0.1) is 11.3 Å². The molecule has 1 atom stereocenters. The highest BCUT2D eigenvalue weighted by atomic mass is 32.1. The second-order valence-electron chi connectivity index (χ2n) is 6.18. The number of amides is 2. The van der Waals surface area contributed by atoms with Gasteiger partial charge in [0.2, 0.25) is 0 Å². The number of aryl methyl sites for hydroxylation is 2. The van der Waals surface area contributed by atoms with E-state index >= 15 is 0 Å². The van der Waals surface area contributed by atoms with E-state index in [1.807, 2.05) is 13.1 Å². The van der Waals surface area contributed by atoms with Gasteiger partial charge in [0.25, 0.3) is 0 Å². The molecule has 2 heterocycles. The molecule has 2 aromatic heterocycles. The van der Waals surface area contributed by atoms with Crippen LogP contribution in [0.1, 0.15) is 33.8 Å². The number of thiophene rings is 1. The predicted molar refractivity (Wildman–Crippen MR) is 101 cm³/mol. The van der Waals surface area contributed by atoms with Crippen LogP contribution < -0.4 is 10.6 Å². The van der Waals surface area contributed by atoms with Crippen molar-refractivity contribution < 1.29 is 4.79 Å². The van der Waals surface area contributed by atoms with Crippen LogP contribution in [0.15, 0.2) is 36.5 Å². The number of H-pyrrole nitrogens is 1. The lowest BCUT2D eigenvalue weighted by Crippen LogP contribution is -2.37. The highest BCUT2D eigenvalue weighted by Crippen LogP contribution is 2.22. The zero-order chi connectivity index (χ0) is 17.1. The molecule has 0 fully saturated rings. The molecule has 0 radical (unpaired) electrons. The van der Waals surface area contributed by atoms with Gasteiger partial charge in [-0.3, -0.25) is 0 Å². The third-order valence-corrected chi connectivity index (χ3v) is 5.32. The van der Waals surface area contributed by atoms with Crippen LogP contribution in [-0.2, 0) is 6.42 Å². The largest absolute Gasteiger partial charge is 0.361 e. The molecule has 1 aromatic carbocycles. The van der Waals surface area contributed by atoms with Gasteiger partial charge < -0.3 is 15.6 Å². The molecule has 4 nitrogen and oxygen atoms in total. The molecule has 3 aromatic rings. The van der Waals surface area contributed by atoms with E-state index in [0.717, 1.165) is 11.9 Å². The summed E-state index contributed by atoms with van der Waals surface area (Å²) < 4.78 is 0. The highest BCUT2D eigenvalue weighted by Gasteiger charge is 2.11. The van der Waals surface area contributed by atoms with Gasteiger partial charge in [0, 0.05) is 33.4 Å². The number of hydrogen-bond acceptors (Lipinski definition) is 2. The van der Waals surface area contributed by atoms with Crippen LogP contribution in [0.2, 0.25) is 0 Å². The third kappa shape index (κ3) is 3.79. The average molecular weight is 341 g/mol. The number of rotatable bonds is 5. The lowest BCUT2D eigenvalue weighted by atomic mass is 10.1. The van der Waals surface area contributed by atoms with E-state index in [9.17, 15) is 4.79 Å². The number of benzene rings is 1. The Balaban J connectivity index is 1.51. The van der Waals surface area contributed by atoms with E-state index in [4.69, 9.17) is 0 Å². The first-order chi connectivity index (χ1) is 11.5. The maximum absolute atomic E-state index is 12.0. The van der Waals surface area contributed by atoms with E-state index in [-0.39, 0.29) is 12.1 Å². The minimum absolute atomic E-state index is 0.0276. The Bertz CT molecular complexity index is 849. The van der Waals surface area contributed by atoms with E-state index in [1.165, 1.54) is 26.3 Å². The van der Waals surface area contributed by atoms with Gasteiger partial charge in [-0.2, -0.15) is 0 Å². The van der Waals surface area contributed by atoms with Crippen molar-refractivity contribution in [3.63, 3.8) is 0 Å². The number of carbonyl (C=O) groups excluding carboxylic acids is 1. The molecule has 0 saturated heterocycles. The molecule has 0 bridgehead atoms. The summed E-state index contributed by atoms with van der Waals surface area (Å²) in [5.74, 6) is 0. The zero-order valence-electron chi connectivity index (χ0n) is 14.3. The van der Waals surface area contributed by atoms with Gasteiger partial charge in [-0.05, 0) is 56.5 Å². The van der Waals surface area contributed by atoms with Crippen molar-refractivity contribution in [1.82, 2.24) is 15.6 Å². The second kappa shape index (κ2) is 7.09. The Hall–Kier alpha value is -2.27. The summed E-state index contributed by atoms with van der Waals surface area (Å²) in [4.78, 5) is 17.8. The van der Waals surface area contributed by atoms with Crippen LogP contribution in [0.3, 0.4) is 0 Å². The fourth-order valence-corrected chi connectivity index (χ4v) is 3.70. The molecule has 3 N–H and O–H groups in total. The van der Waals surface area contributed by atoms with Crippen LogP contribution in [-0.4, -0.2) is 17.6 Å². The van der Waals surface area contributed by atoms with Gasteiger partial charge in [0.15, 0.2) is 0 Å². The first-order valence-electron chi connectivity index (χ1n) is 8.20. The number of nitrogens with one attached hydrogen (secondary N) is 3. The Morgan fingerprint density at radius 1 is 1.25 bits per heavy atom. The molecule has 0 aliphatic carbocycles. The van der Waals surface area contributed by atoms with Crippen molar-refractivity contribution in [2.75, 3.05) is 6.54 Å². The number of aromatic nitrogens is 1. The second-order valence-corrected chi connectivity index (χ2v) is 7.50. The summed E-state index contributed by atoms with van der Waals surface area (Å²) >= 11 is 1.72. The van der Waals surface area contributed by atoms with E-state index < -0.39 is 0 Å². The maximum atomic E-state index is 12.0. The van der Waals surface area contributed by atoms with E-state index in [2.05, 4.69) is 59.8 Å². The summed E-state index contributed by atoms with van der Waals surface area (Å²) in [5, 5.41) is 7.16. The quantitative estimate of drug-likeness (QED) is 0.631. The molecule has 0 saturated carbocycles. The fraction of sp³-hybridized carbons (Fsp3) is 0.316. The topological polar surface area (TPSA) is 56.9 Å². The molecule has 0 spiro atoms. The standard InChI is InChI=1S/C19H23N3OS/c1-12-4-6-16-15(11-21-17(16)10-12)8-9-20-19(23)22-14(3)18-7-5-13(2)24-18/h4-7,10-11,14,21H,8-9H2,1-3H3,(H2,20,22,23). The summed E-state index contributed by atoms with van der Waals surface area (Å²) in [6.45, 7) is 6.78. The average Bonchev–Trinajstić information content (AvgIpc) is 3.13. The van der Waals surface area contributed by atoms with Crippen molar-refractivity contribution >= 4 is 28.3 Å². The van der Waals surface area contributed by atoms with Crippen LogP contribution in [0, 0.1) is 13.8 Å². The molecule has 126 valence electrons. The van der Waals surface area contributed by atoms with Crippen molar-refractivity contribution in [2.45, 2.75) is 33.2 Å². The Morgan fingerprint density at radius 3 is 2.83 bits per heavy atom. The molecule has 0 aliphatic heterocycles. The fourth-order valence-electron chi connectivity index (χ4n) is 2.82. The number of hydrogen-bond donors (Lipinski definition) is 3. The molecule has 5 heteroatoms. The van der Waals surface area contributed by atoms with Gasteiger partial charge in [-0.1, -0.05) is 12.1 Å². The van der Waals surface area contributed by atoms with Crippen molar-refractivity contribution in [3.05, 3.63) is 57.4 Å². The zero-order valence-corrected chi connectivity index (χ0v) is 15.1. The summed E-state index contributed by atoms with van der Waals surface area (Å²) in [5.41, 5.74) is 3.62. The van der Waals surface area contributed by atoms with Gasteiger partial charge in [0.1, 0.15) is 0 Å². The first-order valence-corrected chi connectivity index (χ1v) is 9.02. The van der Waals surface area contributed by atoms with Crippen LogP contribution in [0.4, 0.5) is 4.79 Å². The summed E-state index contributed by atoms with van der Waals surface area (Å²) in [6.07, 6.45) is 2.84. The van der Waals surface area contributed by atoms with Gasteiger partial charge in [0.05, 0.1) is 6.04 Å². The summed E-state index contributed by atoms with van der Waals surface area (Å²) in [7, 11) is 0. The van der Waals surface area contributed by atoms with Crippen LogP contribution in [0.25, 0.3) is 10.9 Å². The van der Waals surface area contributed by atoms with Crippen LogP contribution >= 0.6 is 11.3 Å². The normalized spacial score (nSPS) is 12.3. The smallest absolute Gasteiger partial charge is 0.315 e. The first kappa shape index (κ1) is 16.6. The molecule has 2 amide bonds. The number of aromatic amines is 1. The van der Waals surface area contributed by atoms with E-state index in [0.29, 0.717) is 6.54 Å². The number of fused-ring (bicyclic) bond motifs is 1. The van der Waals surface area contributed by atoms with Crippen molar-refractivity contribution in [2.24, 2.45) is 0 Å². The SMILES string of the molecule is Cc1ccc2c(CCNC(=O)NC(C)c3ccc(C)s3)c[nH]c2c1. The van der Waals surface area contributed by atoms with Gasteiger partial charge >= 0.3 is 6.03 Å². The minimum atomic E-state index is -0.121. The molecular weight excluding hydrogens is 318 g/mol. The number of urea groups is 1. The molecule has 0 aliphatic rings. The van der Waals surface area contributed by atoms with Crippen molar-refractivity contribution in [3.8, 4) is 0 Å². The highest BCUT2D eigenvalue weighted by molar-refractivity contribution is 7.12. The predicted octanol–water partition coefficient (Wildman–Crippen LogP) is 4.45. The number of carbonyl (C=O) groups is 1. The van der Waals surface area contributed by atoms with Crippen LogP contribution in [0.5, 0.6) is 0 Å². The van der Waals surface area contributed by atoms with E-state index in [1.54, 1.807) is 11.3 Å². The Morgan fingerprint density at radius 2 is 2.08 bits per heavy atom. The monoisotopic (exact) mass is 341 g/mol. The third-order valence-electron chi connectivity index (χ3n) is 4.14. The molecular formula is C19H23N3OS. The van der Waals surface area contributed by atoms with Gasteiger partial charge in [-0.25, -0.2) is 4.79 Å². The summed E-state index contributed by atoms with van der Waals surface area (Å²) in [6, 6.07) is 10.4.